The molecule has 2 rings (SSSR count). The van der Waals surface area contributed by atoms with Crippen LogP contribution in [0.2, 0.25) is 0 Å². The third-order valence-electron chi connectivity index (χ3n) is 2.82. The molecule has 0 aliphatic rings. The van der Waals surface area contributed by atoms with Gasteiger partial charge >= 0.3 is 0 Å². The summed E-state index contributed by atoms with van der Waals surface area (Å²) in [6.45, 7) is 0. The third-order valence-corrected chi connectivity index (χ3v) is 2.82. The Bertz CT molecular complexity index is 428. The second-order valence-corrected chi connectivity index (χ2v) is 3.99. The fraction of sp³-hybridized carbons (Fsp3) is 0.214. The van der Waals surface area contributed by atoms with Crippen molar-refractivity contribution >= 4 is 0 Å². The Balaban J connectivity index is 1.97. The smallest absolute Gasteiger partial charge is 0.0463 e. The minimum atomic E-state index is 0.179. The van der Waals surface area contributed by atoms with E-state index in [1.165, 1.54) is 5.56 Å². The van der Waals surface area contributed by atoms with Gasteiger partial charge in [-0.15, -0.1) is 0 Å². The first-order valence-electron chi connectivity index (χ1n) is 5.81. The molecule has 2 aromatic rings. The van der Waals surface area contributed by atoms with Crippen LogP contribution in [0.15, 0.2) is 54.7 Å². The van der Waals surface area contributed by atoms with Crippen molar-refractivity contribution in [2.75, 3.05) is 0 Å². The number of hydrogen-bond acceptors (Lipinski definition) is 3. The molecule has 1 heterocycles. The number of nitrogens with one attached hydrogen (secondary N) is 1. The van der Waals surface area contributed by atoms with Gasteiger partial charge < -0.3 is 0 Å². The number of nitrogens with zero attached hydrogens (tertiary/aromatic N) is 1. The lowest BCUT2D eigenvalue weighted by Crippen LogP contribution is -2.28. The molecule has 0 amide bonds. The lowest BCUT2D eigenvalue weighted by molar-refractivity contribution is 0.513. The fourth-order valence-electron chi connectivity index (χ4n) is 1.87. The van der Waals surface area contributed by atoms with Crippen molar-refractivity contribution in [3.8, 4) is 0 Å². The van der Waals surface area contributed by atoms with Crippen LogP contribution in [0.3, 0.4) is 0 Å². The maximum absolute atomic E-state index is 5.60. The van der Waals surface area contributed by atoms with Crippen LogP contribution in [-0.4, -0.2) is 4.98 Å². The molecule has 0 spiro atoms. The van der Waals surface area contributed by atoms with E-state index in [0.717, 1.165) is 18.5 Å². The number of benzene rings is 1. The number of hydrazine groups is 1. The maximum atomic E-state index is 5.60. The van der Waals surface area contributed by atoms with Crippen LogP contribution in [0.1, 0.15) is 23.7 Å². The van der Waals surface area contributed by atoms with Crippen molar-refractivity contribution < 1.29 is 0 Å². The number of aromatic nitrogens is 1. The Labute approximate surface area is 102 Å². The van der Waals surface area contributed by atoms with Crippen LogP contribution in [0.5, 0.6) is 0 Å². The number of nitrogens with two attached hydrogens (primary N) is 1. The zero-order valence-corrected chi connectivity index (χ0v) is 9.71. The van der Waals surface area contributed by atoms with Crippen LogP contribution in [-0.2, 0) is 6.42 Å². The van der Waals surface area contributed by atoms with Crippen molar-refractivity contribution in [3.63, 3.8) is 0 Å². The van der Waals surface area contributed by atoms with Gasteiger partial charge in [-0.2, -0.15) is 0 Å². The second kappa shape index (κ2) is 6.13. The van der Waals surface area contributed by atoms with E-state index in [4.69, 9.17) is 5.84 Å². The van der Waals surface area contributed by atoms with Gasteiger partial charge in [0, 0.05) is 17.9 Å². The molecule has 0 bridgehead atoms. The molecular formula is C14H17N3. The third kappa shape index (κ3) is 3.37. The molecule has 0 fully saturated rings. The van der Waals surface area contributed by atoms with Crippen molar-refractivity contribution in [2.24, 2.45) is 5.84 Å². The molecule has 88 valence electrons. The monoisotopic (exact) mass is 227 g/mol. The van der Waals surface area contributed by atoms with Crippen LogP contribution in [0.25, 0.3) is 0 Å². The summed E-state index contributed by atoms with van der Waals surface area (Å²) in [4.78, 5) is 4.31. The Kier molecular flexibility index (Phi) is 4.24. The van der Waals surface area contributed by atoms with Crippen molar-refractivity contribution in [1.29, 1.82) is 0 Å². The van der Waals surface area contributed by atoms with Gasteiger partial charge in [-0.05, 0) is 30.5 Å². The summed E-state index contributed by atoms with van der Waals surface area (Å²) in [6, 6.07) is 16.4. The molecule has 3 nitrogen and oxygen atoms in total. The highest BCUT2D eigenvalue weighted by molar-refractivity contribution is 5.19. The van der Waals surface area contributed by atoms with Crippen molar-refractivity contribution in [2.45, 2.75) is 18.9 Å². The summed E-state index contributed by atoms with van der Waals surface area (Å²) in [5.74, 6) is 5.60. The first-order valence-corrected chi connectivity index (χ1v) is 5.81. The molecule has 0 aliphatic carbocycles. The quantitative estimate of drug-likeness (QED) is 0.608. The van der Waals surface area contributed by atoms with E-state index in [0.29, 0.717) is 0 Å². The minimum Gasteiger partial charge on any atom is -0.271 e. The molecule has 0 aliphatic heterocycles. The molecule has 1 aromatic carbocycles. The number of aryl methyl sites for hydroxylation is 1. The Morgan fingerprint density at radius 2 is 1.82 bits per heavy atom. The maximum Gasteiger partial charge on any atom is 0.0463 e. The highest BCUT2D eigenvalue weighted by Crippen LogP contribution is 2.17. The molecule has 0 saturated carbocycles. The normalized spacial score (nSPS) is 12.3. The molecule has 3 N–H and O–H groups in total. The summed E-state index contributed by atoms with van der Waals surface area (Å²) in [7, 11) is 0. The second-order valence-electron chi connectivity index (χ2n) is 3.99. The van der Waals surface area contributed by atoms with Crippen LogP contribution in [0.4, 0.5) is 0 Å². The van der Waals surface area contributed by atoms with E-state index in [2.05, 4.69) is 22.5 Å². The molecule has 1 unspecified atom stereocenters. The molecule has 1 aromatic heterocycles. The van der Waals surface area contributed by atoms with E-state index in [9.17, 15) is 0 Å². The summed E-state index contributed by atoms with van der Waals surface area (Å²) < 4.78 is 0. The molecule has 3 heteroatoms. The highest BCUT2D eigenvalue weighted by Gasteiger charge is 2.09. The van der Waals surface area contributed by atoms with E-state index in [1.54, 1.807) is 0 Å². The largest absolute Gasteiger partial charge is 0.271 e. The number of rotatable bonds is 5. The van der Waals surface area contributed by atoms with Crippen LogP contribution in [0, 0.1) is 0 Å². The summed E-state index contributed by atoms with van der Waals surface area (Å²) in [6.07, 6.45) is 3.69. The van der Waals surface area contributed by atoms with E-state index in [1.807, 2.05) is 42.6 Å². The minimum absolute atomic E-state index is 0.179. The van der Waals surface area contributed by atoms with Crippen molar-refractivity contribution in [3.05, 3.63) is 66.0 Å². The average molecular weight is 227 g/mol. The van der Waals surface area contributed by atoms with Gasteiger partial charge in [0.15, 0.2) is 0 Å². The van der Waals surface area contributed by atoms with Gasteiger partial charge in [0.25, 0.3) is 0 Å². The predicted molar refractivity (Wildman–Crippen MR) is 69.1 cm³/mol. The molecule has 17 heavy (non-hydrogen) atoms. The SMILES string of the molecule is NNC(CCc1ccccn1)c1ccccc1. The Hall–Kier alpha value is -1.71. The lowest BCUT2D eigenvalue weighted by Gasteiger charge is -2.15. The first-order chi connectivity index (χ1) is 8.40. The van der Waals surface area contributed by atoms with Gasteiger partial charge in [-0.1, -0.05) is 36.4 Å². The summed E-state index contributed by atoms with van der Waals surface area (Å²) in [5.41, 5.74) is 5.18. The van der Waals surface area contributed by atoms with E-state index >= 15 is 0 Å². The van der Waals surface area contributed by atoms with Crippen LogP contribution >= 0.6 is 0 Å². The predicted octanol–water partition coefficient (Wildman–Crippen LogP) is 2.22. The first kappa shape index (κ1) is 11.8. The lowest BCUT2D eigenvalue weighted by atomic mass is 10.0. The topological polar surface area (TPSA) is 50.9 Å². The van der Waals surface area contributed by atoms with Crippen LogP contribution < -0.4 is 11.3 Å². The molecule has 1 atom stereocenters. The fourth-order valence-corrected chi connectivity index (χ4v) is 1.87. The van der Waals surface area contributed by atoms with Crippen molar-refractivity contribution in [1.82, 2.24) is 10.4 Å². The number of pyridine rings is 1. The zero-order chi connectivity index (χ0) is 11.9. The Morgan fingerprint density at radius 3 is 2.47 bits per heavy atom. The number of hydrogen-bond donors (Lipinski definition) is 2. The molecule has 0 saturated heterocycles. The van der Waals surface area contributed by atoms with E-state index < -0.39 is 0 Å². The molecular weight excluding hydrogens is 210 g/mol. The summed E-state index contributed by atoms with van der Waals surface area (Å²) >= 11 is 0. The zero-order valence-electron chi connectivity index (χ0n) is 9.71. The highest BCUT2D eigenvalue weighted by atomic mass is 15.2. The van der Waals surface area contributed by atoms with Gasteiger partial charge in [0.1, 0.15) is 0 Å². The Morgan fingerprint density at radius 1 is 1.06 bits per heavy atom. The van der Waals surface area contributed by atoms with Gasteiger partial charge in [0.05, 0.1) is 0 Å². The van der Waals surface area contributed by atoms with E-state index in [-0.39, 0.29) is 6.04 Å². The summed E-state index contributed by atoms with van der Waals surface area (Å²) in [5, 5.41) is 0. The average Bonchev–Trinajstić information content (AvgIpc) is 2.42. The van der Waals surface area contributed by atoms with Gasteiger partial charge in [-0.3, -0.25) is 16.3 Å². The van der Waals surface area contributed by atoms with Gasteiger partial charge in [0.2, 0.25) is 0 Å². The molecule has 0 radical (unpaired) electrons. The standard InChI is InChI=1S/C14H17N3/c15-17-14(12-6-2-1-3-7-12)10-9-13-8-4-5-11-16-13/h1-8,11,14,17H,9-10,15H2. The van der Waals surface area contributed by atoms with Gasteiger partial charge in [-0.25, -0.2) is 0 Å².